The van der Waals surface area contributed by atoms with Gasteiger partial charge in [0.05, 0.1) is 12.8 Å². The summed E-state index contributed by atoms with van der Waals surface area (Å²) in [6.45, 7) is 2.48. The van der Waals surface area contributed by atoms with Crippen LogP contribution in [0, 0.1) is 11.7 Å². The van der Waals surface area contributed by atoms with E-state index in [0.717, 1.165) is 62.4 Å². The number of anilines is 1. The van der Waals surface area contributed by atoms with Gasteiger partial charge in [-0.05, 0) is 56.2 Å². The van der Waals surface area contributed by atoms with Crippen molar-refractivity contribution >= 4 is 5.95 Å². The third-order valence-electron chi connectivity index (χ3n) is 6.12. The quantitative estimate of drug-likeness (QED) is 0.777. The number of aryl methyl sites for hydroxylation is 1. The number of ether oxygens (including phenoxy) is 1. The summed E-state index contributed by atoms with van der Waals surface area (Å²) in [6, 6.07) is 4.94. The zero-order valence-corrected chi connectivity index (χ0v) is 16.9. The fourth-order valence-corrected chi connectivity index (χ4v) is 4.26. The minimum absolute atomic E-state index is 0.124. The van der Waals surface area contributed by atoms with Gasteiger partial charge in [0, 0.05) is 49.6 Å². The van der Waals surface area contributed by atoms with E-state index in [-0.39, 0.29) is 18.5 Å². The molecule has 0 saturated carbocycles. The molecule has 1 saturated heterocycles. The lowest BCUT2D eigenvalue weighted by molar-refractivity contribution is 0.202. The first-order valence-corrected chi connectivity index (χ1v) is 10.5. The maximum atomic E-state index is 14.1. The SMILES string of the molecule is COc1ccc(F)c(CN[C@H]2CCCc3nc(N4CCC(CO)CC4)ncc32)c1. The molecule has 1 atom stereocenters. The van der Waals surface area contributed by atoms with E-state index >= 15 is 0 Å². The Morgan fingerprint density at radius 3 is 2.86 bits per heavy atom. The van der Waals surface area contributed by atoms with Crippen molar-refractivity contribution in [3.05, 3.63) is 47.0 Å². The molecule has 1 aromatic carbocycles. The van der Waals surface area contributed by atoms with Crippen LogP contribution in [-0.4, -0.2) is 41.9 Å². The molecule has 0 radical (unpaired) electrons. The van der Waals surface area contributed by atoms with E-state index in [1.165, 1.54) is 6.07 Å². The Hall–Kier alpha value is -2.25. The van der Waals surface area contributed by atoms with Gasteiger partial charge in [0.2, 0.25) is 5.95 Å². The highest BCUT2D eigenvalue weighted by Crippen LogP contribution is 2.30. The van der Waals surface area contributed by atoms with E-state index < -0.39 is 0 Å². The molecule has 2 aliphatic rings. The molecule has 7 heteroatoms. The number of aliphatic hydroxyl groups is 1. The average molecular weight is 400 g/mol. The van der Waals surface area contributed by atoms with E-state index in [4.69, 9.17) is 9.72 Å². The summed E-state index contributed by atoms with van der Waals surface area (Å²) in [5.74, 6) is 1.62. The number of hydrogen-bond donors (Lipinski definition) is 2. The number of nitrogens with zero attached hydrogens (tertiary/aromatic N) is 3. The summed E-state index contributed by atoms with van der Waals surface area (Å²) in [7, 11) is 1.59. The van der Waals surface area contributed by atoms with Gasteiger partial charge in [0.15, 0.2) is 0 Å². The number of methoxy groups -OCH3 is 1. The zero-order valence-electron chi connectivity index (χ0n) is 16.9. The fraction of sp³-hybridized carbons (Fsp3) is 0.545. The van der Waals surface area contributed by atoms with Crippen LogP contribution in [0.2, 0.25) is 0 Å². The first kappa shape index (κ1) is 20.0. The molecule has 1 fully saturated rings. The Bertz CT molecular complexity index is 840. The molecule has 1 aliphatic carbocycles. The molecule has 1 aromatic heterocycles. The number of piperidine rings is 1. The van der Waals surface area contributed by atoms with Crippen molar-refractivity contribution < 1.29 is 14.2 Å². The molecule has 1 aliphatic heterocycles. The molecule has 2 N–H and O–H groups in total. The second kappa shape index (κ2) is 9.05. The normalized spacial score (nSPS) is 19.8. The Balaban J connectivity index is 1.45. The van der Waals surface area contributed by atoms with Crippen LogP contribution in [0.5, 0.6) is 5.75 Å². The van der Waals surface area contributed by atoms with Crippen molar-refractivity contribution in [2.24, 2.45) is 5.92 Å². The van der Waals surface area contributed by atoms with Crippen LogP contribution >= 0.6 is 0 Å². The van der Waals surface area contributed by atoms with Crippen molar-refractivity contribution in [1.82, 2.24) is 15.3 Å². The summed E-state index contributed by atoms with van der Waals surface area (Å²) in [5.41, 5.74) is 2.81. The highest BCUT2D eigenvalue weighted by atomic mass is 19.1. The Labute approximate surface area is 171 Å². The fourth-order valence-electron chi connectivity index (χ4n) is 4.26. The van der Waals surface area contributed by atoms with Crippen molar-refractivity contribution in [1.29, 1.82) is 0 Å². The summed E-state index contributed by atoms with van der Waals surface area (Å²) in [6.07, 6.45) is 6.89. The van der Waals surface area contributed by atoms with E-state index in [1.54, 1.807) is 19.2 Å². The van der Waals surface area contributed by atoms with Crippen molar-refractivity contribution in [3.8, 4) is 5.75 Å². The van der Waals surface area contributed by atoms with Gasteiger partial charge in [-0.3, -0.25) is 0 Å². The standard InChI is InChI=1S/C22H29FN4O2/c1-29-17-5-6-19(23)16(11-17)12-24-20-3-2-4-21-18(20)13-25-22(26-21)27-9-7-15(14-28)8-10-27/h5-6,11,13,15,20,24,28H,2-4,7-10,12,14H2,1H3/t20-/m0/s1. The number of benzene rings is 1. The van der Waals surface area contributed by atoms with Crippen LogP contribution in [0.1, 0.15) is 48.5 Å². The topological polar surface area (TPSA) is 70.5 Å². The molecular weight excluding hydrogens is 371 g/mol. The highest BCUT2D eigenvalue weighted by molar-refractivity contribution is 5.36. The summed E-state index contributed by atoms with van der Waals surface area (Å²) in [5, 5.41) is 12.8. The number of hydrogen-bond acceptors (Lipinski definition) is 6. The zero-order chi connectivity index (χ0) is 20.2. The molecule has 0 unspecified atom stereocenters. The Morgan fingerprint density at radius 1 is 1.28 bits per heavy atom. The smallest absolute Gasteiger partial charge is 0.225 e. The number of aliphatic hydroxyl groups excluding tert-OH is 1. The van der Waals surface area contributed by atoms with Gasteiger partial charge >= 0.3 is 0 Å². The van der Waals surface area contributed by atoms with E-state index in [0.29, 0.717) is 23.8 Å². The summed E-state index contributed by atoms with van der Waals surface area (Å²) < 4.78 is 19.3. The van der Waals surface area contributed by atoms with E-state index in [9.17, 15) is 9.50 Å². The van der Waals surface area contributed by atoms with Gasteiger partial charge in [-0.15, -0.1) is 0 Å². The van der Waals surface area contributed by atoms with Crippen LogP contribution < -0.4 is 15.0 Å². The van der Waals surface area contributed by atoms with Crippen molar-refractivity contribution in [2.75, 3.05) is 31.7 Å². The molecule has 4 rings (SSSR count). The predicted octanol–water partition coefficient (Wildman–Crippen LogP) is 3.00. The number of rotatable bonds is 6. The minimum Gasteiger partial charge on any atom is -0.497 e. The summed E-state index contributed by atoms with van der Waals surface area (Å²) >= 11 is 0. The van der Waals surface area contributed by atoms with Gasteiger partial charge in [0.1, 0.15) is 11.6 Å². The highest BCUT2D eigenvalue weighted by Gasteiger charge is 2.25. The van der Waals surface area contributed by atoms with Crippen LogP contribution in [0.3, 0.4) is 0 Å². The van der Waals surface area contributed by atoms with Crippen LogP contribution in [0.4, 0.5) is 10.3 Å². The largest absolute Gasteiger partial charge is 0.497 e. The molecule has 0 spiro atoms. The monoisotopic (exact) mass is 400 g/mol. The Morgan fingerprint density at radius 2 is 2.10 bits per heavy atom. The van der Waals surface area contributed by atoms with Crippen LogP contribution in [0.25, 0.3) is 0 Å². The van der Waals surface area contributed by atoms with Crippen LogP contribution in [-0.2, 0) is 13.0 Å². The third-order valence-corrected chi connectivity index (χ3v) is 6.12. The first-order valence-electron chi connectivity index (χ1n) is 10.5. The van der Waals surface area contributed by atoms with Gasteiger partial charge in [-0.1, -0.05) is 0 Å². The first-order chi connectivity index (χ1) is 14.2. The minimum atomic E-state index is -0.229. The lowest BCUT2D eigenvalue weighted by atomic mass is 9.92. The number of fused-ring (bicyclic) bond motifs is 1. The second-order valence-corrected chi connectivity index (χ2v) is 7.97. The lowest BCUT2D eigenvalue weighted by Crippen LogP contribution is -2.36. The average Bonchev–Trinajstić information content (AvgIpc) is 2.78. The molecule has 156 valence electrons. The van der Waals surface area contributed by atoms with E-state index in [2.05, 4.69) is 15.2 Å². The molecule has 0 bridgehead atoms. The van der Waals surface area contributed by atoms with Gasteiger partial charge < -0.3 is 20.1 Å². The number of nitrogens with one attached hydrogen (secondary N) is 1. The third kappa shape index (κ3) is 4.51. The molecule has 2 aromatic rings. The maximum Gasteiger partial charge on any atom is 0.225 e. The maximum absolute atomic E-state index is 14.1. The van der Waals surface area contributed by atoms with E-state index in [1.807, 2.05) is 6.20 Å². The predicted molar refractivity (Wildman–Crippen MR) is 110 cm³/mol. The van der Waals surface area contributed by atoms with Crippen LogP contribution in [0.15, 0.2) is 24.4 Å². The van der Waals surface area contributed by atoms with Crippen molar-refractivity contribution in [3.63, 3.8) is 0 Å². The molecular formula is C22H29FN4O2. The summed E-state index contributed by atoms with van der Waals surface area (Å²) in [4.78, 5) is 11.7. The molecule has 0 amide bonds. The number of halogens is 1. The molecule has 2 heterocycles. The number of aromatic nitrogens is 2. The Kier molecular flexibility index (Phi) is 6.25. The van der Waals surface area contributed by atoms with Gasteiger partial charge in [-0.2, -0.15) is 0 Å². The molecule has 6 nitrogen and oxygen atoms in total. The van der Waals surface area contributed by atoms with Crippen molar-refractivity contribution in [2.45, 2.75) is 44.7 Å². The molecule has 29 heavy (non-hydrogen) atoms. The van der Waals surface area contributed by atoms with Gasteiger partial charge in [0.25, 0.3) is 0 Å². The lowest BCUT2D eigenvalue weighted by Gasteiger charge is -2.32. The second-order valence-electron chi connectivity index (χ2n) is 7.97. The van der Waals surface area contributed by atoms with Gasteiger partial charge in [-0.25, -0.2) is 14.4 Å².